The number of hydrogen-bond donors (Lipinski definition) is 1. The molecule has 1 atom stereocenters. The van der Waals surface area contributed by atoms with Crippen molar-refractivity contribution in [1.29, 1.82) is 0 Å². The largest absolute Gasteiger partial charge is 0.493 e. The molecule has 9 heteroatoms. The van der Waals surface area contributed by atoms with Gasteiger partial charge in [-0.15, -0.1) is 0 Å². The van der Waals surface area contributed by atoms with Crippen LogP contribution in [0.2, 0.25) is 0 Å². The van der Waals surface area contributed by atoms with E-state index in [1.54, 1.807) is 36.4 Å². The van der Waals surface area contributed by atoms with E-state index in [0.29, 0.717) is 34.4 Å². The first-order valence-electron chi connectivity index (χ1n) is 10.0. The predicted octanol–water partition coefficient (Wildman–Crippen LogP) is 2.22. The number of nitrogens with one attached hydrogen (secondary N) is 1. The number of fused-ring (bicyclic) bond motifs is 1. The Labute approximate surface area is 184 Å². The lowest BCUT2D eigenvalue weighted by molar-refractivity contribution is -0.145. The van der Waals surface area contributed by atoms with Crippen molar-refractivity contribution in [2.75, 3.05) is 21.3 Å². The minimum Gasteiger partial charge on any atom is -0.493 e. The second-order valence-electron chi connectivity index (χ2n) is 7.01. The minimum absolute atomic E-state index is 0.122. The third-order valence-electron chi connectivity index (χ3n) is 5.01. The topological polar surface area (TPSA) is 109 Å². The molecule has 1 heterocycles. The lowest BCUT2D eigenvalue weighted by Gasteiger charge is -2.17. The van der Waals surface area contributed by atoms with Crippen molar-refractivity contribution < 1.29 is 23.8 Å². The first-order valence-corrected chi connectivity index (χ1v) is 10.0. The summed E-state index contributed by atoms with van der Waals surface area (Å²) >= 11 is 0. The van der Waals surface area contributed by atoms with Gasteiger partial charge in [-0.1, -0.05) is 30.3 Å². The highest BCUT2D eigenvalue weighted by atomic mass is 16.5. The maximum absolute atomic E-state index is 12.8. The smallest absolute Gasteiger partial charge is 0.333 e. The van der Waals surface area contributed by atoms with E-state index in [2.05, 4.69) is 10.3 Å². The fourth-order valence-electron chi connectivity index (χ4n) is 3.33. The molecule has 0 saturated carbocycles. The van der Waals surface area contributed by atoms with Crippen LogP contribution < -0.4 is 20.3 Å². The van der Waals surface area contributed by atoms with E-state index in [1.165, 1.54) is 32.2 Å². The summed E-state index contributed by atoms with van der Waals surface area (Å²) in [5.41, 5.74) is 0.880. The van der Waals surface area contributed by atoms with Crippen LogP contribution in [0.3, 0.4) is 0 Å². The zero-order chi connectivity index (χ0) is 23.1. The van der Waals surface area contributed by atoms with E-state index in [0.717, 1.165) is 0 Å². The molecule has 0 spiro atoms. The first-order chi connectivity index (χ1) is 15.5. The van der Waals surface area contributed by atoms with Crippen LogP contribution in [-0.2, 0) is 20.9 Å². The number of nitrogens with zero attached hydrogens (tertiary/aromatic N) is 2. The van der Waals surface area contributed by atoms with E-state index >= 15 is 0 Å². The Balaban J connectivity index is 1.67. The third kappa shape index (κ3) is 5.05. The molecule has 0 aliphatic carbocycles. The summed E-state index contributed by atoms with van der Waals surface area (Å²) in [6, 6.07) is 11.2. The maximum atomic E-state index is 12.8. The maximum Gasteiger partial charge on any atom is 0.333 e. The molecule has 168 valence electrons. The standard InChI is InChI=1S/C23H25N3O6/c1-30-18-12-16-17(13-19(18)31-2)24-14-26(22(16)28)11-7-10-20(27)25-21(23(29)32-3)15-8-5-4-6-9-15/h4-6,8-9,12-14,21H,7,10-11H2,1-3H3,(H,25,27)/t21-/m0/s1. The monoisotopic (exact) mass is 439 g/mol. The van der Waals surface area contributed by atoms with Crippen LogP contribution in [0, 0.1) is 0 Å². The number of benzene rings is 2. The van der Waals surface area contributed by atoms with Gasteiger partial charge in [0.15, 0.2) is 17.5 Å². The van der Waals surface area contributed by atoms with Crippen LogP contribution in [0.25, 0.3) is 10.9 Å². The Kier molecular flexibility index (Phi) is 7.43. The van der Waals surface area contributed by atoms with Gasteiger partial charge in [0.2, 0.25) is 5.91 Å². The number of carbonyl (C=O) groups is 2. The highest BCUT2D eigenvalue weighted by Crippen LogP contribution is 2.29. The molecule has 1 aromatic heterocycles. The Morgan fingerprint density at radius 3 is 2.41 bits per heavy atom. The van der Waals surface area contributed by atoms with Gasteiger partial charge in [-0.25, -0.2) is 9.78 Å². The molecular formula is C23H25N3O6. The number of esters is 1. The fraction of sp³-hybridized carbons (Fsp3) is 0.304. The van der Waals surface area contributed by atoms with Gasteiger partial charge in [0, 0.05) is 19.0 Å². The summed E-state index contributed by atoms with van der Waals surface area (Å²) in [5, 5.41) is 3.09. The molecular weight excluding hydrogens is 414 g/mol. The van der Waals surface area contributed by atoms with Crippen LogP contribution in [0.5, 0.6) is 11.5 Å². The van der Waals surface area contributed by atoms with Gasteiger partial charge in [0.1, 0.15) is 0 Å². The van der Waals surface area contributed by atoms with Crippen molar-refractivity contribution in [3.8, 4) is 11.5 Å². The summed E-state index contributed by atoms with van der Waals surface area (Å²) in [6.07, 6.45) is 1.95. The van der Waals surface area contributed by atoms with Gasteiger partial charge in [0.25, 0.3) is 5.56 Å². The number of carbonyl (C=O) groups excluding carboxylic acids is 2. The predicted molar refractivity (Wildman–Crippen MR) is 118 cm³/mol. The Bertz CT molecular complexity index is 1160. The zero-order valence-electron chi connectivity index (χ0n) is 18.2. The molecule has 0 aliphatic heterocycles. The number of ether oxygens (including phenoxy) is 3. The van der Waals surface area contributed by atoms with Gasteiger partial charge in [-0.3, -0.25) is 14.2 Å². The van der Waals surface area contributed by atoms with Crippen molar-refractivity contribution >= 4 is 22.8 Å². The number of amides is 1. The second kappa shape index (κ2) is 10.4. The average molecular weight is 439 g/mol. The molecule has 2 aromatic carbocycles. The number of hydrogen-bond acceptors (Lipinski definition) is 7. The van der Waals surface area contributed by atoms with Crippen molar-refractivity contribution in [2.24, 2.45) is 0 Å². The molecule has 3 aromatic rings. The molecule has 32 heavy (non-hydrogen) atoms. The molecule has 0 saturated heterocycles. The van der Waals surface area contributed by atoms with Crippen LogP contribution in [0.4, 0.5) is 0 Å². The van der Waals surface area contributed by atoms with E-state index in [9.17, 15) is 14.4 Å². The van der Waals surface area contributed by atoms with Crippen LogP contribution >= 0.6 is 0 Å². The Morgan fingerprint density at radius 2 is 1.75 bits per heavy atom. The van der Waals surface area contributed by atoms with Crippen molar-refractivity contribution in [1.82, 2.24) is 14.9 Å². The molecule has 3 rings (SSSR count). The third-order valence-corrected chi connectivity index (χ3v) is 5.01. The molecule has 9 nitrogen and oxygen atoms in total. The average Bonchev–Trinajstić information content (AvgIpc) is 2.83. The molecule has 0 fully saturated rings. The molecule has 0 bridgehead atoms. The number of rotatable bonds is 9. The van der Waals surface area contributed by atoms with Gasteiger partial charge in [-0.05, 0) is 18.1 Å². The van der Waals surface area contributed by atoms with Crippen molar-refractivity contribution in [3.05, 3.63) is 64.7 Å². The van der Waals surface area contributed by atoms with Crippen molar-refractivity contribution in [3.63, 3.8) is 0 Å². The summed E-state index contributed by atoms with van der Waals surface area (Å²) in [6.45, 7) is 0.289. The van der Waals surface area contributed by atoms with E-state index in [-0.39, 0.29) is 24.4 Å². The highest BCUT2D eigenvalue weighted by molar-refractivity contribution is 5.85. The lowest BCUT2D eigenvalue weighted by atomic mass is 10.1. The second-order valence-corrected chi connectivity index (χ2v) is 7.01. The summed E-state index contributed by atoms with van der Waals surface area (Å²) in [4.78, 5) is 41.7. The normalized spacial score (nSPS) is 11.6. The van der Waals surface area contributed by atoms with Crippen LogP contribution in [0.15, 0.2) is 53.6 Å². The SMILES string of the molecule is COC(=O)[C@@H](NC(=O)CCCn1cnc2cc(OC)c(OC)cc2c1=O)c1ccccc1. The molecule has 0 radical (unpaired) electrons. The summed E-state index contributed by atoms with van der Waals surface area (Å²) < 4.78 is 16.8. The van der Waals surface area contributed by atoms with Crippen LogP contribution in [0.1, 0.15) is 24.4 Å². The van der Waals surface area contributed by atoms with Gasteiger partial charge < -0.3 is 19.5 Å². The quantitative estimate of drug-likeness (QED) is 0.509. The number of methoxy groups -OCH3 is 3. The van der Waals surface area contributed by atoms with E-state index in [1.807, 2.05) is 6.07 Å². The van der Waals surface area contributed by atoms with E-state index < -0.39 is 12.0 Å². The molecule has 0 aliphatic rings. The van der Waals surface area contributed by atoms with Gasteiger partial charge >= 0.3 is 5.97 Å². The van der Waals surface area contributed by atoms with E-state index in [4.69, 9.17) is 14.2 Å². The van der Waals surface area contributed by atoms with Gasteiger partial charge in [-0.2, -0.15) is 0 Å². The number of aryl methyl sites for hydroxylation is 1. The Morgan fingerprint density at radius 1 is 1.06 bits per heavy atom. The highest BCUT2D eigenvalue weighted by Gasteiger charge is 2.23. The first kappa shape index (κ1) is 22.8. The van der Waals surface area contributed by atoms with Crippen molar-refractivity contribution in [2.45, 2.75) is 25.4 Å². The fourth-order valence-corrected chi connectivity index (χ4v) is 3.33. The molecule has 1 amide bonds. The number of aromatic nitrogens is 2. The van der Waals surface area contributed by atoms with Gasteiger partial charge in [0.05, 0.1) is 38.6 Å². The summed E-state index contributed by atoms with van der Waals surface area (Å²) in [7, 11) is 4.28. The van der Waals surface area contributed by atoms with Crippen LogP contribution in [-0.4, -0.2) is 42.8 Å². The lowest BCUT2D eigenvalue weighted by Crippen LogP contribution is -2.34. The zero-order valence-corrected chi connectivity index (χ0v) is 18.2. The molecule has 1 N–H and O–H groups in total. The minimum atomic E-state index is -0.888. The molecule has 0 unspecified atom stereocenters. The Hall–Kier alpha value is -3.88. The summed E-state index contributed by atoms with van der Waals surface area (Å²) in [5.74, 6) is 0.0482.